The summed E-state index contributed by atoms with van der Waals surface area (Å²) in [6, 6.07) is -1.57. The van der Waals surface area contributed by atoms with Gasteiger partial charge in [-0.3, -0.25) is 14.4 Å². The Balaban J connectivity index is 4.40. The molecule has 0 saturated carbocycles. The molecule has 0 fully saturated rings. The van der Waals surface area contributed by atoms with Gasteiger partial charge in [-0.15, -0.1) is 0 Å². The summed E-state index contributed by atoms with van der Waals surface area (Å²) in [6.07, 6.45) is 0.443. The van der Waals surface area contributed by atoms with Crippen LogP contribution in [0, 0.1) is 0 Å². The van der Waals surface area contributed by atoms with Crippen LogP contribution in [0.5, 0.6) is 0 Å². The monoisotopic (exact) mass is 216 g/mol. The molecule has 0 bridgehead atoms. The zero-order chi connectivity index (χ0) is 12.0. The zero-order valence-corrected chi connectivity index (χ0v) is 9.06. The van der Waals surface area contributed by atoms with Crippen molar-refractivity contribution in [3.8, 4) is 0 Å². The van der Waals surface area contributed by atoms with Crippen LogP contribution in [0.2, 0.25) is 0 Å². The first kappa shape index (κ1) is 13.6. The van der Waals surface area contributed by atoms with Crippen LogP contribution in [0.15, 0.2) is 0 Å². The van der Waals surface area contributed by atoms with Crippen LogP contribution in [0.3, 0.4) is 0 Å². The Hall–Kier alpha value is -1.43. The normalized spacial score (nSPS) is 13.9. The van der Waals surface area contributed by atoms with Gasteiger partial charge >= 0.3 is 0 Å². The third kappa shape index (κ3) is 4.07. The molecule has 0 aliphatic heterocycles. The number of amides is 2. The van der Waals surface area contributed by atoms with Crippen LogP contribution < -0.4 is 5.32 Å². The smallest absolute Gasteiger partial charge is 0.245 e. The minimum absolute atomic E-state index is 0.186. The molecule has 15 heavy (non-hydrogen) atoms. The number of nitrogens with one attached hydrogen (secondary N) is 1. The van der Waals surface area contributed by atoms with E-state index in [9.17, 15) is 14.4 Å². The molecular weight excluding hydrogens is 200 g/mol. The molecule has 0 spiro atoms. The summed E-state index contributed by atoms with van der Waals surface area (Å²) in [7, 11) is 1.38. The average molecular weight is 216 g/mol. The fourth-order valence-corrected chi connectivity index (χ4v) is 0.881. The third-order valence-electron chi connectivity index (χ3n) is 2.10. The fourth-order valence-electron chi connectivity index (χ4n) is 0.881. The summed E-state index contributed by atoms with van der Waals surface area (Å²) in [5.41, 5.74) is 0. The first-order valence-electron chi connectivity index (χ1n) is 4.53. The van der Waals surface area contributed by atoms with Gasteiger partial charge in [0.2, 0.25) is 12.3 Å². The summed E-state index contributed by atoms with van der Waals surface area (Å²) >= 11 is 0. The van der Waals surface area contributed by atoms with Crippen molar-refractivity contribution in [3.05, 3.63) is 0 Å². The van der Waals surface area contributed by atoms with Crippen molar-refractivity contribution in [3.63, 3.8) is 0 Å². The van der Waals surface area contributed by atoms with E-state index in [4.69, 9.17) is 5.11 Å². The molecule has 0 aromatic carbocycles. The quantitative estimate of drug-likeness (QED) is 0.531. The Morgan fingerprint density at radius 2 is 2.07 bits per heavy atom. The fraction of sp³-hybridized carbons (Fsp3) is 0.667. The van der Waals surface area contributed by atoms with Gasteiger partial charge in [0.05, 0.1) is 12.6 Å². The molecule has 2 N–H and O–H groups in total. The molecule has 0 heterocycles. The van der Waals surface area contributed by atoms with Gasteiger partial charge in [0, 0.05) is 7.05 Å². The van der Waals surface area contributed by atoms with Gasteiger partial charge in [-0.2, -0.15) is 0 Å². The van der Waals surface area contributed by atoms with E-state index in [1.807, 2.05) is 0 Å². The van der Waals surface area contributed by atoms with E-state index < -0.39 is 24.6 Å². The van der Waals surface area contributed by atoms with E-state index >= 15 is 0 Å². The molecular formula is C9H16N2O4. The van der Waals surface area contributed by atoms with Crippen LogP contribution >= 0.6 is 0 Å². The van der Waals surface area contributed by atoms with Gasteiger partial charge < -0.3 is 15.3 Å². The molecule has 0 saturated heterocycles. The molecule has 2 amide bonds. The van der Waals surface area contributed by atoms with Crippen LogP contribution in [-0.4, -0.2) is 53.8 Å². The lowest BCUT2D eigenvalue weighted by Gasteiger charge is -2.22. The number of hydrogen-bond donors (Lipinski definition) is 2. The minimum Gasteiger partial charge on any atom is -0.394 e. The van der Waals surface area contributed by atoms with Gasteiger partial charge in [0.1, 0.15) is 6.04 Å². The molecule has 0 aromatic rings. The van der Waals surface area contributed by atoms with E-state index in [2.05, 4.69) is 5.32 Å². The Morgan fingerprint density at radius 1 is 1.53 bits per heavy atom. The van der Waals surface area contributed by atoms with Crippen LogP contribution in [0.25, 0.3) is 0 Å². The third-order valence-corrected chi connectivity index (χ3v) is 2.10. The molecule has 0 aliphatic rings. The summed E-state index contributed by atoms with van der Waals surface area (Å²) in [5.74, 6) is -0.733. The zero-order valence-electron chi connectivity index (χ0n) is 9.06. The highest BCUT2D eigenvalue weighted by atomic mass is 16.3. The minimum atomic E-state index is -0.954. The highest BCUT2D eigenvalue weighted by molar-refractivity contribution is 5.90. The second-order valence-electron chi connectivity index (χ2n) is 3.31. The number of hydrogen-bond acceptors (Lipinski definition) is 4. The van der Waals surface area contributed by atoms with Crippen molar-refractivity contribution in [2.24, 2.45) is 0 Å². The van der Waals surface area contributed by atoms with Crippen molar-refractivity contribution < 1.29 is 19.5 Å². The highest BCUT2D eigenvalue weighted by Crippen LogP contribution is 1.94. The topological polar surface area (TPSA) is 86.7 Å². The molecule has 2 atom stereocenters. The van der Waals surface area contributed by atoms with Crippen LogP contribution in [0.1, 0.15) is 13.8 Å². The van der Waals surface area contributed by atoms with E-state index in [0.29, 0.717) is 6.41 Å². The van der Waals surface area contributed by atoms with Gasteiger partial charge in [0.15, 0.2) is 5.78 Å². The van der Waals surface area contributed by atoms with E-state index in [1.54, 1.807) is 0 Å². The number of aliphatic hydroxyl groups excluding tert-OH is 1. The maximum atomic E-state index is 11.5. The van der Waals surface area contributed by atoms with Crippen molar-refractivity contribution in [2.45, 2.75) is 25.9 Å². The van der Waals surface area contributed by atoms with Gasteiger partial charge in [-0.1, -0.05) is 0 Å². The lowest BCUT2D eigenvalue weighted by Crippen LogP contribution is -2.50. The van der Waals surface area contributed by atoms with E-state index in [-0.39, 0.29) is 5.78 Å². The maximum absolute atomic E-state index is 11.5. The average Bonchev–Trinajstić information content (AvgIpc) is 2.18. The predicted molar refractivity (Wildman–Crippen MR) is 53.0 cm³/mol. The lowest BCUT2D eigenvalue weighted by molar-refractivity contribution is -0.135. The summed E-state index contributed by atoms with van der Waals surface area (Å²) < 4.78 is 0. The van der Waals surface area contributed by atoms with Crippen LogP contribution in [0.4, 0.5) is 0 Å². The Bertz CT molecular complexity index is 254. The Morgan fingerprint density at radius 3 is 2.40 bits per heavy atom. The molecule has 86 valence electrons. The number of ketones is 1. The maximum Gasteiger partial charge on any atom is 0.245 e. The van der Waals surface area contributed by atoms with Crippen molar-refractivity contribution >= 4 is 18.1 Å². The number of rotatable bonds is 6. The number of carbonyl (C=O) groups is 3. The first-order valence-corrected chi connectivity index (χ1v) is 4.53. The summed E-state index contributed by atoms with van der Waals surface area (Å²) in [4.78, 5) is 33.8. The standard InChI is InChI=1S/C9H16N2O4/c1-6(7(2)14)10-9(15)8(4-12)11(3)5-13/h5-6,8,12H,4H2,1-3H3,(H,10,15)/t6-,8?/m1/s1. The number of aliphatic hydroxyl groups is 1. The summed E-state index contributed by atoms with van der Waals surface area (Å²) in [6.45, 7) is 2.41. The molecule has 0 rings (SSSR count). The van der Waals surface area contributed by atoms with Gasteiger partial charge in [-0.25, -0.2) is 0 Å². The van der Waals surface area contributed by atoms with Gasteiger partial charge in [-0.05, 0) is 13.8 Å². The second kappa shape index (κ2) is 6.13. The second-order valence-corrected chi connectivity index (χ2v) is 3.31. The summed E-state index contributed by atoms with van der Waals surface area (Å²) in [5, 5.41) is 11.3. The van der Waals surface area contributed by atoms with Crippen molar-refractivity contribution in [2.75, 3.05) is 13.7 Å². The van der Waals surface area contributed by atoms with Crippen molar-refractivity contribution in [1.82, 2.24) is 10.2 Å². The molecule has 0 radical (unpaired) electrons. The van der Waals surface area contributed by atoms with Crippen molar-refractivity contribution in [1.29, 1.82) is 0 Å². The number of likely N-dealkylation sites (N-methyl/N-ethyl adjacent to an activating group) is 1. The molecule has 0 aliphatic carbocycles. The largest absolute Gasteiger partial charge is 0.394 e. The van der Waals surface area contributed by atoms with Crippen LogP contribution in [-0.2, 0) is 14.4 Å². The predicted octanol–water partition coefficient (Wildman–Crippen LogP) is -1.47. The molecule has 0 aromatic heterocycles. The number of carbonyl (C=O) groups excluding carboxylic acids is 3. The van der Waals surface area contributed by atoms with E-state index in [0.717, 1.165) is 4.90 Å². The van der Waals surface area contributed by atoms with Gasteiger partial charge in [0.25, 0.3) is 0 Å². The number of Topliss-reactive ketones (excluding diaryl/α,β-unsaturated/α-hetero) is 1. The first-order chi connectivity index (χ1) is 6.93. The highest BCUT2D eigenvalue weighted by Gasteiger charge is 2.23. The molecule has 6 heteroatoms. The van der Waals surface area contributed by atoms with E-state index in [1.165, 1.54) is 20.9 Å². The SMILES string of the molecule is CC(=O)[C@@H](C)NC(=O)C(CO)N(C)C=O. The number of nitrogens with zero attached hydrogens (tertiary/aromatic N) is 1. The molecule has 1 unspecified atom stereocenters. The molecule has 6 nitrogen and oxygen atoms in total. The Kier molecular flexibility index (Phi) is 5.54. The lowest BCUT2D eigenvalue weighted by atomic mass is 10.2. The Labute approximate surface area is 88.2 Å².